The second kappa shape index (κ2) is 4.29. The number of carbonyl (C=O) groups excluding carboxylic acids is 1. The van der Waals surface area contributed by atoms with Crippen molar-refractivity contribution in [3.8, 4) is 0 Å². The molecule has 4 nitrogen and oxygen atoms in total. The summed E-state index contributed by atoms with van der Waals surface area (Å²) in [5.41, 5.74) is -3.14. The molecule has 0 unspecified atom stereocenters. The normalized spacial score (nSPS) is 28.1. The SMILES string of the molecule is O=C(O)[C@@H]1CCCN1C(=O)C1(C(F)(F)F)CC(F)(F)C1. The number of hydrogen-bond donors (Lipinski definition) is 1. The van der Waals surface area contributed by atoms with E-state index in [1.165, 1.54) is 0 Å². The Morgan fingerprint density at radius 3 is 2.15 bits per heavy atom. The van der Waals surface area contributed by atoms with Crippen LogP contribution in [0.2, 0.25) is 0 Å². The minimum absolute atomic E-state index is 0.0331. The Balaban J connectivity index is 2.28. The third kappa shape index (κ3) is 2.12. The number of amides is 1. The second-order valence-electron chi connectivity index (χ2n) is 5.28. The highest BCUT2D eigenvalue weighted by molar-refractivity contribution is 5.89. The molecule has 1 N–H and O–H groups in total. The molecule has 1 heterocycles. The number of alkyl halides is 5. The van der Waals surface area contributed by atoms with Gasteiger partial charge in [-0.3, -0.25) is 4.79 Å². The summed E-state index contributed by atoms with van der Waals surface area (Å²) < 4.78 is 64.8. The Bertz CT molecular complexity index is 440. The van der Waals surface area contributed by atoms with Gasteiger partial charge in [-0.2, -0.15) is 13.2 Å². The monoisotopic (exact) mass is 301 g/mol. The van der Waals surface area contributed by atoms with Gasteiger partial charge in [0.05, 0.1) is 0 Å². The summed E-state index contributed by atoms with van der Waals surface area (Å²) in [6, 6.07) is -1.36. The summed E-state index contributed by atoms with van der Waals surface area (Å²) in [6.07, 6.45) is -8.05. The first kappa shape index (κ1) is 15.0. The van der Waals surface area contributed by atoms with Crippen molar-refractivity contribution in [2.75, 3.05) is 6.54 Å². The molecular formula is C11H12F5NO3. The Kier molecular flexibility index (Phi) is 3.22. The van der Waals surface area contributed by atoms with Crippen molar-refractivity contribution in [1.29, 1.82) is 0 Å². The van der Waals surface area contributed by atoms with E-state index < -0.39 is 48.3 Å². The van der Waals surface area contributed by atoms with Crippen molar-refractivity contribution in [1.82, 2.24) is 4.90 Å². The molecule has 0 aromatic carbocycles. The fraction of sp³-hybridized carbons (Fsp3) is 0.818. The number of hydrogen-bond acceptors (Lipinski definition) is 2. The Hall–Kier alpha value is -1.41. The van der Waals surface area contributed by atoms with Crippen LogP contribution < -0.4 is 0 Å². The zero-order valence-corrected chi connectivity index (χ0v) is 10.2. The lowest BCUT2D eigenvalue weighted by Crippen LogP contribution is -2.64. The van der Waals surface area contributed by atoms with E-state index in [1.54, 1.807) is 0 Å². The molecule has 2 fully saturated rings. The Morgan fingerprint density at radius 2 is 1.75 bits per heavy atom. The summed E-state index contributed by atoms with van der Waals surface area (Å²) in [5.74, 6) is -6.50. The van der Waals surface area contributed by atoms with Crippen molar-refractivity contribution in [3.05, 3.63) is 0 Å². The van der Waals surface area contributed by atoms with E-state index >= 15 is 0 Å². The maximum Gasteiger partial charge on any atom is 0.403 e. The first-order chi connectivity index (χ1) is 9.00. The molecule has 0 bridgehead atoms. The van der Waals surface area contributed by atoms with Crippen LogP contribution >= 0.6 is 0 Å². The van der Waals surface area contributed by atoms with Crippen LogP contribution in [0.25, 0.3) is 0 Å². The molecule has 0 aromatic rings. The average molecular weight is 301 g/mol. The summed E-state index contributed by atoms with van der Waals surface area (Å²) in [5, 5.41) is 8.87. The number of carboxylic acid groups (broad SMARTS) is 1. The molecule has 20 heavy (non-hydrogen) atoms. The summed E-state index contributed by atoms with van der Waals surface area (Å²) in [6.45, 7) is -0.154. The zero-order valence-electron chi connectivity index (χ0n) is 10.2. The lowest BCUT2D eigenvalue weighted by Gasteiger charge is -2.48. The Labute approximate surface area is 110 Å². The van der Waals surface area contributed by atoms with Gasteiger partial charge in [0.2, 0.25) is 5.91 Å². The molecule has 2 rings (SSSR count). The van der Waals surface area contributed by atoms with Gasteiger partial charge in [-0.25, -0.2) is 13.6 Å². The molecule has 2 aliphatic rings. The minimum atomic E-state index is -5.11. The molecule has 1 aliphatic heterocycles. The van der Waals surface area contributed by atoms with Crippen LogP contribution in [0.4, 0.5) is 22.0 Å². The maximum atomic E-state index is 13.0. The quantitative estimate of drug-likeness (QED) is 0.794. The van der Waals surface area contributed by atoms with E-state index in [9.17, 15) is 31.5 Å². The van der Waals surface area contributed by atoms with Gasteiger partial charge < -0.3 is 10.0 Å². The standard InChI is InChI=1S/C11H12F5NO3/c12-10(13)4-9(5-10,11(14,15)16)8(20)17-3-1-2-6(17)7(18)19/h6H,1-5H2,(H,18,19)/t6-/m0/s1. The molecule has 0 radical (unpaired) electrons. The van der Waals surface area contributed by atoms with E-state index in [-0.39, 0.29) is 19.4 Å². The fourth-order valence-electron chi connectivity index (χ4n) is 2.85. The molecule has 1 atom stereocenters. The lowest BCUT2D eigenvalue weighted by atomic mass is 9.64. The highest BCUT2D eigenvalue weighted by Crippen LogP contribution is 2.61. The smallest absolute Gasteiger partial charge is 0.403 e. The highest BCUT2D eigenvalue weighted by Gasteiger charge is 2.74. The molecule has 114 valence electrons. The fourth-order valence-corrected chi connectivity index (χ4v) is 2.85. The number of carbonyl (C=O) groups is 2. The van der Waals surface area contributed by atoms with E-state index in [2.05, 4.69) is 0 Å². The molecular weight excluding hydrogens is 289 g/mol. The van der Waals surface area contributed by atoms with Crippen molar-refractivity contribution in [2.45, 2.75) is 43.8 Å². The third-order valence-corrected chi connectivity index (χ3v) is 3.87. The molecule has 0 spiro atoms. The van der Waals surface area contributed by atoms with Crippen LogP contribution in [0.3, 0.4) is 0 Å². The maximum absolute atomic E-state index is 13.0. The largest absolute Gasteiger partial charge is 0.480 e. The van der Waals surface area contributed by atoms with Gasteiger partial charge >= 0.3 is 12.1 Å². The predicted octanol–water partition coefficient (Wildman–Crippen LogP) is 2.04. The van der Waals surface area contributed by atoms with Gasteiger partial charge in [-0.1, -0.05) is 0 Å². The number of nitrogens with zero attached hydrogens (tertiary/aromatic N) is 1. The van der Waals surface area contributed by atoms with Crippen molar-refractivity contribution < 1.29 is 36.6 Å². The van der Waals surface area contributed by atoms with E-state index in [0.29, 0.717) is 4.90 Å². The molecule has 1 aliphatic carbocycles. The van der Waals surface area contributed by atoms with Crippen LogP contribution in [-0.2, 0) is 9.59 Å². The summed E-state index contributed by atoms with van der Waals surface area (Å²) in [7, 11) is 0. The zero-order chi connectivity index (χ0) is 15.3. The average Bonchev–Trinajstić information content (AvgIpc) is 2.71. The van der Waals surface area contributed by atoms with Gasteiger partial charge in [0.25, 0.3) is 5.92 Å². The second-order valence-corrected chi connectivity index (χ2v) is 5.28. The molecule has 1 saturated heterocycles. The summed E-state index contributed by atoms with van der Waals surface area (Å²) in [4.78, 5) is 23.5. The van der Waals surface area contributed by atoms with Crippen molar-refractivity contribution in [2.24, 2.45) is 5.41 Å². The van der Waals surface area contributed by atoms with Crippen molar-refractivity contribution >= 4 is 11.9 Å². The van der Waals surface area contributed by atoms with Crippen LogP contribution in [0.15, 0.2) is 0 Å². The van der Waals surface area contributed by atoms with Gasteiger partial charge in [0, 0.05) is 19.4 Å². The molecule has 9 heteroatoms. The van der Waals surface area contributed by atoms with Crippen LogP contribution in [0, 0.1) is 5.41 Å². The highest BCUT2D eigenvalue weighted by atomic mass is 19.4. The van der Waals surface area contributed by atoms with Crippen LogP contribution in [0.1, 0.15) is 25.7 Å². The molecule has 1 amide bonds. The molecule has 1 saturated carbocycles. The van der Waals surface area contributed by atoms with E-state index in [4.69, 9.17) is 5.11 Å². The number of rotatable bonds is 2. The van der Waals surface area contributed by atoms with Gasteiger partial charge in [-0.15, -0.1) is 0 Å². The first-order valence-electron chi connectivity index (χ1n) is 5.99. The van der Waals surface area contributed by atoms with E-state index in [0.717, 1.165) is 0 Å². The van der Waals surface area contributed by atoms with Gasteiger partial charge in [0.1, 0.15) is 6.04 Å². The number of halogens is 5. The lowest BCUT2D eigenvalue weighted by molar-refractivity contribution is -0.299. The minimum Gasteiger partial charge on any atom is -0.480 e. The van der Waals surface area contributed by atoms with E-state index in [1.807, 2.05) is 0 Å². The molecule has 0 aromatic heterocycles. The van der Waals surface area contributed by atoms with Crippen molar-refractivity contribution in [3.63, 3.8) is 0 Å². The first-order valence-corrected chi connectivity index (χ1v) is 5.99. The topological polar surface area (TPSA) is 57.6 Å². The third-order valence-electron chi connectivity index (χ3n) is 3.87. The number of carboxylic acids is 1. The number of aliphatic carboxylic acids is 1. The number of likely N-dealkylation sites (tertiary alicyclic amines) is 1. The summed E-state index contributed by atoms with van der Waals surface area (Å²) >= 11 is 0. The van der Waals surface area contributed by atoms with Crippen LogP contribution in [-0.4, -0.2) is 46.6 Å². The Morgan fingerprint density at radius 1 is 1.20 bits per heavy atom. The predicted molar refractivity (Wildman–Crippen MR) is 55.0 cm³/mol. The van der Waals surface area contributed by atoms with Gasteiger partial charge in [0.15, 0.2) is 5.41 Å². The van der Waals surface area contributed by atoms with Gasteiger partial charge in [-0.05, 0) is 12.8 Å². The van der Waals surface area contributed by atoms with Crippen LogP contribution in [0.5, 0.6) is 0 Å².